The van der Waals surface area contributed by atoms with Gasteiger partial charge in [-0.15, -0.1) is 0 Å². The second-order valence-electron chi connectivity index (χ2n) is 7.59. The van der Waals surface area contributed by atoms with E-state index >= 15 is 0 Å². The van der Waals surface area contributed by atoms with Crippen LogP contribution in [-0.2, 0) is 11.4 Å². The molecule has 174 valence electrons. The van der Waals surface area contributed by atoms with Crippen molar-refractivity contribution in [2.75, 3.05) is 11.9 Å². The van der Waals surface area contributed by atoms with Gasteiger partial charge in [-0.1, -0.05) is 53.5 Å². The first-order chi connectivity index (χ1) is 16.3. The van der Waals surface area contributed by atoms with Crippen molar-refractivity contribution in [2.45, 2.75) is 27.4 Å². The average Bonchev–Trinajstić information content (AvgIpc) is 2.80. The van der Waals surface area contributed by atoms with Crippen molar-refractivity contribution in [3.63, 3.8) is 0 Å². The van der Waals surface area contributed by atoms with Gasteiger partial charge in [-0.3, -0.25) is 4.79 Å². The molecule has 0 unspecified atom stereocenters. The molecule has 7 heteroatoms. The second kappa shape index (κ2) is 11.6. The van der Waals surface area contributed by atoms with Gasteiger partial charge in [-0.25, -0.2) is 0 Å². The number of ether oxygens (including phenoxy) is 2. The summed E-state index contributed by atoms with van der Waals surface area (Å²) in [6.45, 7) is 6.25. The summed E-state index contributed by atoms with van der Waals surface area (Å²) in [6.07, 6.45) is 1.46. The van der Waals surface area contributed by atoms with Gasteiger partial charge in [-0.05, 0) is 67.8 Å². The molecule has 3 rings (SSSR count). The number of hydrogen-bond acceptors (Lipinski definition) is 4. The molecule has 5 nitrogen and oxygen atoms in total. The number of nitriles is 1. The number of carbonyl (C=O) groups is 1. The van der Waals surface area contributed by atoms with E-state index in [0.29, 0.717) is 34.4 Å². The van der Waals surface area contributed by atoms with Crippen LogP contribution in [0.4, 0.5) is 5.69 Å². The van der Waals surface area contributed by atoms with Crippen LogP contribution in [0, 0.1) is 25.2 Å². The quantitative estimate of drug-likeness (QED) is 0.267. The van der Waals surface area contributed by atoms with E-state index in [1.54, 1.807) is 18.2 Å². The first kappa shape index (κ1) is 25.2. The smallest absolute Gasteiger partial charge is 0.266 e. The van der Waals surface area contributed by atoms with Crippen LogP contribution >= 0.6 is 23.2 Å². The lowest BCUT2D eigenvalue weighted by Crippen LogP contribution is -2.14. The molecule has 0 bridgehead atoms. The Morgan fingerprint density at radius 1 is 1.06 bits per heavy atom. The standard InChI is InChI=1S/C27H24Cl2N2O3/c1-4-33-25-14-19(13-23(29)26(25)34-16-20-7-5-6-8-22(20)28)12-21(15-30)27(32)31-24-11-17(2)9-10-18(24)3/h5-14H,4,16H2,1-3H3,(H,31,32)/b21-12+. The first-order valence-corrected chi connectivity index (χ1v) is 11.4. The van der Waals surface area contributed by atoms with Gasteiger partial charge in [0.15, 0.2) is 11.5 Å². The van der Waals surface area contributed by atoms with E-state index < -0.39 is 5.91 Å². The molecule has 0 aromatic heterocycles. The van der Waals surface area contributed by atoms with Crippen molar-refractivity contribution >= 4 is 40.9 Å². The molecule has 0 aliphatic rings. The molecule has 1 N–H and O–H groups in total. The van der Waals surface area contributed by atoms with Gasteiger partial charge in [0.1, 0.15) is 18.2 Å². The second-order valence-corrected chi connectivity index (χ2v) is 8.40. The van der Waals surface area contributed by atoms with Crippen molar-refractivity contribution in [1.82, 2.24) is 0 Å². The molecule has 34 heavy (non-hydrogen) atoms. The lowest BCUT2D eigenvalue weighted by atomic mass is 10.1. The van der Waals surface area contributed by atoms with Crippen molar-refractivity contribution in [2.24, 2.45) is 0 Å². The molecular formula is C27H24Cl2N2O3. The third kappa shape index (κ3) is 6.32. The highest BCUT2D eigenvalue weighted by atomic mass is 35.5. The van der Waals surface area contributed by atoms with E-state index in [2.05, 4.69) is 5.32 Å². The molecule has 0 spiro atoms. The number of carbonyl (C=O) groups excluding carboxylic acids is 1. The minimum Gasteiger partial charge on any atom is -0.490 e. The molecule has 0 saturated carbocycles. The molecule has 0 fully saturated rings. The van der Waals surface area contributed by atoms with Gasteiger partial charge in [0.05, 0.1) is 11.6 Å². The van der Waals surface area contributed by atoms with Gasteiger partial charge < -0.3 is 14.8 Å². The Hall–Kier alpha value is -3.46. The number of aryl methyl sites for hydroxylation is 2. The molecule has 1 amide bonds. The number of nitrogens with zero attached hydrogens (tertiary/aromatic N) is 1. The Kier molecular flexibility index (Phi) is 8.59. The van der Waals surface area contributed by atoms with Crippen molar-refractivity contribution in [3.8, 4) is 17.6 Å². The number of benzene rings is 3. The Labute approximate surface area is 209 Å². The zero-order chi connectivity index (χ0) is 24.7. The molecule has 0 aliphatic carbocycles. The van der Waals surface area contributed by atoms with E-state index in [1.807, 2.05) is 63.2 Å². The molecule has 3 aromatic carbocycles. The predicted molar refractivity (Wildman–Crippen MR) is 137 cm³/mol. The van der Waals surface area contributed by atoms with Gasteiger partial charge in [0.2, 0.25) is 0 Å². The summed E-state index contributed by atoms with van der Waals surface area (Å²) < 4.78 is 11.6. The zero-order valence-corrected chi connectivity index (χ0v) is 20.6. The Morgan fingerprint density at radius 3 is 2.53 bits per heavy atom. The minimum absolute atomic E-state index is 0.0656. The number of hydrogen-bond donors (Lipinski definition) is 1. The third-order valence-electron chi connectivity index (χ3n) is 4.98. The van der Waals surface area contributed by atoms with Crippen LogP contribution in [0.1, 0.15) is 29.2 Å². The topological polar surface area (TPSA) is 71.3 Å². The summed E-state index contributed by atoms with van der Waals surface area (Å²) in [5.74, 6) is 0.254. The summed E-state index contributed by atoms with van der Waals surface area (Å²) in [5.41, 5.74) is 3.83. The van der Waals surface area contributed by atoms with Crippen molar-refractivity contribution in [3.05, 3.63) is 92.5 Å². The van der Waals surface area contributed by atoms with Crippen LogP contribution in [0.3, 0.4) is 0 Å². The number of nitrogens with one attached hydrogen (secondary N) is 1. The van der Waals surface area contributed by atoms with E-state index in [1.165, 1.54) is 6.08 Å². The largest absolute Gasteiger partial charge is 0.490 e. The van der Waals surface area contributed by atoms with Crippen LogP contribution in [0.15, 0.2) is 60.2 Å². The Balaban J connectivity index is 1.87. The maximum absolute atomic E-state index is 12.8. The van der Waals surface area contributed by atoms with Crippen molar-refractivity contribution in [1.29, 1.82) is 5.26 Å². The van der Waals surface area contributed by atoms with Gasteiger partial charge >= 0.3 is 0 Å². The number of anilines is 1. The summed E-state index contributed by atoms with van der Waals surface area (Å²) in [7, 11) is 0. The highest BCUT2D eigenvalue weighted by Crippen LogP contribution is 2.38. The summed E-state index contributed by atoms with van der Waals surface area (Å²) in [6, 6.07) is 18.4. The molecule has 3 aromatic rings. The maximum atomic E-state index is 12.8. The molecular weight excluding hydrogens is 471 g/mol. The summed E-state index contributed by atoms with van der Waals surface area (Å²) in [4.78, 5) is 12.8. The van der Waals surface area contributed by atoms with E-state index in [9.17, 15) is 10.1 Å². The monoisotopic (exact) mass is 494 g/mol. The Morgan fingerprint density at radius 2 is 1.82 bits per heavy atom. The fourth-order valence-electron chi connectivity index (χ4n) is 3.22. The third-order valence-corrected chi connectivity index (χ3v) is 5.63. The molecule has 0 heterocycles. The lowest BCUT2D eigenvalue weighted by Gasteiger charge is -2.15. The van der Waals surface area contributed by atoms with Crippen LogP contribution in [0.5, 0.6) is 11.5 Å². The van der Waals surface area contributed by atoms with Crippen LogP contribution < -0.4 is 14.8 Å². The normalized spacial score (nSPS) is 11.0. The first-order valence-electron chi connectivity index (χ1n) is 10.6. The van der Waals surface area contributed by atoms with Gasteiger partial charge in [0, 0.05) is 16.3 Å². The number of amides is 1. The van der Waals surface area contributed by atoms with Gasteiger partial charge in [-0.2, -0.15) is 5.26 Å². The lowest BCUT2D eigenvalue weighted by molar-refractivity contribution is -0.112. The fraction of sp³-hybridized carbons (Fsp3) is 0.185. The number of halogens is 2. The van der Waals surface area contributed by atoms with Gasteiger partial charge in [0.25, 0.3) is 5.91 Å². The molecule has 0 aliphatic heterocycles. The van der Waals surface area contributed by atoms with Crippen LogP contribution in [0.2, 0.25) is 10.0 Å². The Bertz CT molecular complexity index is 1280. The summed E-state index contributed by atoms with van der Waals surface area (Å²) in [5, 5.41) is 13.3. The van der Waals surface area contributed by atoms with Crippen molar-refractivity contribution < 1.29 is 14.3 Å². The van der Waals surface area contributed by atoms with E-state index in [0.717, 1.165) is 16.7 Å². The fourth-order valence-corrected chi connectivity index (χ4v) is 3.68. The van der Waals surface area contributed by atoms with E-state index in [4.69, 9.17) is 32.7 Å². The zero-order valence-electron chi connectivity index (χ0n) is 19.1. The highest BCUT2D eigenvalue weighted by Gasteiger charge is 2.16. The van der Waals surface area contributed by atoms with E-state index in [-0.39, 0.29) is 17.2 Å². The van der Waals surface area contributed by atoms with Crippen LogP contribution in [-0.4, -0.2) is 12.5 Å². The average molecular weight is 495 g/mol. The molecule has 0 radical (unpaired) electrons. The summed E-state index contributed by atoms with van der Waals surface area (Å²) >= 11 is 12.7. The predicted octanol–water partition coefficient (Wildman–Crippen LogP) is 7.13. The molecule has 0 atom stereocenters. The SMILES string of the molecule is CCOc1cc(/C=C(\C#N)C(=O)Nc2cc(C)ccc2C)cc(Cl)c1OCc1ccccc1Cl. The minimum atomic E-state index is -0.510. The maximum Gasteiger partial charge on any atom is 0.266 e. The van der Waals surface area contributed by atoms with Crippen LogP contribution in [0.25, 0.3) is 6.08 Å². The highest BCUT2D eigenvalue weighted by molar-refractivity contribution is 6.32. The number of rotatable bonds is 8. The molecule has 0 saturated heterocycles.